The van der Waals surface area contributed by atoms with Gasteiger partial charge in [-0.05, 0) is 60.8 Å². The number of carboxylic acid groups (broad SMARTS) is 1. The van der Waals surface area contributed by atoms with Crippen LogP contribution in [0.15, 0.2) is 78.9 Å². The molecule has 0 saturated carbocycles. The van der Waals surface area contributed by atoms with Gasteiger partial charge in [-0.25, -0.2) is 0 Å². The number of hydrogen-bond acceptors (Lipinski definition) is 8. The van der Waals surface area contributed by atoms with Crippen molar-refractivity contribution in [2.45, 2.75) is 68.5 Å². The molecule has 1 amide bonds. The lowest BCUT2D eigenvalue weighted by atomic mass is 9.79. The van der Waals surface area contributed by atoms with Crippen molar-refractivity contribution >= 4 is 17.8 Å². The number of rotatable bonds is 12. The standard InChI is InChI=1S/C35H40N2O8/c1-22(38)44-33-29-20-26(36-31(39)18-19-32(40)41)21-30(37(29)2)34(33)45-35(23-8-6-5-7-9-23,24-10-14-27(42-3)15-11-24)25-12-16-28(43-4)17-13-25/h5-17,26,29-30,33-34H,18-21H2,1-4H3,(H,36,39)(H,40,41)/t26?,29-,30+,33-,34+/m0/s1. The minimum Gasteiger partial charge on any atom is -0.497 e. The van der Waals surface area contributed by atoms with Crippen LogP contribution in [0.1, 0.15) is 49.3 Å². The molecule has 0 radical (unpaired) electrons. The van der Waals surface area contributed by atoms with Crippen LogP contribution in [-0.4, -0.2) is 79.5 Å². The van der Waals surface area contributed by atoms with E-state index in [4.69, 9.17) is 24.1 Å². The van der Waals surface area contributed by atoms with Crippen LogP contribution in [0.4, 0.5) is 0 Å². The van der Waals surface area contributed by atoms with Gasteiger partial charge in [0.05, 0.1) is 26.7 Å². The first-order valence-electron chi connectivity index (χ1n) is 15.1. The molecule has 2 bridgehead atoms. The third-order valence-electron chi connectivity index (χ3n) is 8.90. The molecule has 0 aromatic heterocycles. The van der Waals surface area contributed by atoms with Gasteiger partial charge in [0.15, 0.2) is 0 Å². The van der Waals surface area contributed by atoms with E-state index in [1.807, 2.05) is 85.9 Å². The van der Waals surface area contributed by atoms with Gasteiger partial charge in [-0.15, -0.1) is 0 Å². The first-order valence-corrected chi connectivity index (χ1v) is 15.1. The van der Waals surface area contributed by atoms with E-state index < -0.39 is 29.7 Å². The molecule has 1 unspecified atom stereocenters. The molecule has 2 heterocycles. The van der Waals surface area contributed by atoms with E-state index in [2.05, 4.69) is 10.2 Å². The minimum absolute atomic E-state index is 0.101. The van der Waals surface area contributed by atoms with Crippen LogP contribution in [0.2, 0.25) is 0 Å². The maximum atomic E-state index is 12.6. The third-order valence-corrected chi connectivity index (χ3v) is 8.90. The number of nitrogens with zero attached hydrogens (tertiary/aromatic N) is 1. The fourth-order valence-corrected chi connectivity index (χ4v) is 6.78. The van der Waals surface area contributed by atoms with E-state index in [0.717, 1.165) is 16.7 Å². The summed E-state index contributed by atoms with van der Waals surface area (Å²) in [6, 6.07) is 24.7. The summed E-state index contributed by atoms with van der Waals surface area (Å²) < 4.78 is 24.4. The number of hydrogen-bond donors (Lipinski definition) is 2. The molecule has 2 aliphatic heterocycles. The topological polar surface area (TPSA) is 124 Å². The van der Waals surface area contributed by atoms with Crippen molar-refractivity contribution in [3.8, 4) is 11.5 Å². The normalized spacial score (nSPS) is 22.8. The van der Waals surface area contributed by atoms with E-state index in [0.29, 0.717) is 24.3 Å². The lowest BCUT2D eigenvalue weighted by Crippen LogP contribution is -2.51. The highest BCUT2D eigenvalue weighted by atomic mass is 16.6. The highest BCUT2D eigenvalue weighted by Gasteiger charge is 2.57. The summed E-state index contributed by atoms with van der Waals surface area (Å²) in [5, 5.41) is 12.1. The molecule has 0 aliphatic carbocycles. The Morgan fingerprint density at radius 1 is 0.800 bits per heavy atom. The molecule has 0 spiro atoms. The Hall–Kier alpha value is -4.41. The largest absolute Gasteiger partial charge is 0.497 e. The van der Waals surface area contributed by atoms with Crippen LogP contribution in [-0.2, 0) is 29.5 Å². The number of esters is 1. The zero-order chi connectivity index (χ0) is 32.1. The van der Waals surface area contributed by atoms with Crippen molar-refractivity contribution in [3.05, 3.63) is 95.6 Å². The SMILES string of the molecule is COc1ccc(C(O[C@H]2[C@@H](OC(C)=O)[C@@H]3CC(NC(=O)CCC(=O)O)C[C@H]2N3C)(c2ccccc2)c2ccc(OC)cc2)cc1. The van der Waals surface area contributed by atoms with Gasteiger partial charge < -0.3 is 29.4 Å². The average molecular weight is 617 g/mol. The predicted molar refractivity (Wildman–Crippen MR) is 166 cm³/mol. The molecule has 2 aliphatic rings. The Labute approximate surface area is 263 Å². The van der Waals surface area contributed by atoms with Crippen molar-refractivity contribution in [1.82, 2.24) is 10.2 Å². The molecule has 3 aromatic carbocycles. The van der Waals surface area contributed by atoms with Crippen LogP contribution >= 0.6 is 0 Å². The third kappa shape index (κ3) is 6.67. The smallest absolute Gasteiger partial charge is 0.303 e. The molecule has 10 heteroatoms. The molecule has 5 rings (SSSR count). The van der Waals surface area contributed by atoms with E-state index in [1.54, 1.807) is 14.2 Å². The zero-order valence-corrected chi connectivity index (χ0v) is 26.0. The van der Waals surface area contributed by atoms with Crippen molar-refractivity contribution < 1.29 is 38.4 Å². The molecule has 238 valence electrons. The fourth-order valence-electron chi connectivity index (χ4n) is 6.78. The van der Waals surface area contributed by atoms with Gasteiger partial charge in [0.2, 0.25) is 5.91 Å². The second kappa shape index (κ2) is 13.7. The van der Waals surface area contributed by atoms with Crippen LogP contribution in [0.25, 0.3) is 0 Å². The maximum Gasteiger partial charge on any atom is 0.303 e. The van der Waals surface area contributed by atoms with E-state index in [1.165, 1.54) is 6.92 Å². The molecular formula is C35H40N2O8. The van der Waals surface area contributed by atoms with Crippen LogP contribution in [0, 0.1) is 0 Å². The number of carbonyl (C=O) groups is 3. The van der Waals surface area contributed by atoms with Gasteiger partial charge >= 0.3 is 11.9 Å². The number of aliphatic carboxylic acids is 1. The van der Waals surface area contributed by atoms with Crippen LogP contribution in [0.3, 0.4) is 0 Å². The summed E-state index contributed by atoms with van der Waals surface area (Å²) in [7, 11) is 5.23. The number of likely N-dealkylation sites (N-methyl/N-ethyl adjacent to an activating group) is 1. The number of piperidine rings is 1. The minimum atomic E-state index is -1.14. The Bertz CT molecular complexity index is 1430. The lowest BCUT2D eigenvalue weighted by molar-refractivity contribution is -0.160. The Kier molecular flexibility index (Phi) is 9.74. The Balaban J connectivity index is 1.61. The van der Waals surface area contributed by atoms with Crippen molar-refractivity contribution in [2.75, 3.05) is 21.3 Å². The van der Waals surface area contributed by atoms with Gasteiger partial charge in [0.1, 0.15) is 29.3 Å². The second-order valence-corrected chi connectivity index (χ2v) is 11.6. The molecule has 2 fully saturated rings. The molecule has 5 atom stereocenters. The fraction of sp³-hybridized carbons (Fsp3) is 0.400. The average Bonchev–Trinajstić information content (AvgIpc) is 3.17. The number of methoxy groups -OCH3 is 2. The number of amides is 1. The number of nitrogens with one attached hydrogen (secondary N) is 1. The number of fused-ring (bicyclic) bond motifs is 2. The predicted octanol–water partition coefficient (Wildman–Crippen LogP) is 4.14. The maximum absolute atomic E-state index is 12.6. The number of benzene rings is 3. The van der Waals surface area contributed by atoms with Crippen molar-refractivity contribution in [2.24, 2.45) is 0 Å². The van der Waals surface area contributed by atoms with Crippen molar-refractivity contribution in [3.63, 3.8) is 0 Å². The quantitative estimate of drug-likeness (QED) is 0.228. The van der Waals surface area contributed by atoms with E-state index in [-0.39, 0.29) is 36.9 Å². The van der Waals surface area contributed by atoms with Gasteiger partial charge in [0.25, 0.3) is 0 Å². The summed E-state index contributed by atoms with van der Waals surface area (Å²) in [4.78, 5) is 38.4. The lowest BCUT2D eigenvalue weighted by Gasteiger charge is -2.41. The Morgan fingerprint density at radius 3 is 1.80 bits per heavy atom. The van der Waals surface area contributed by atoms with Crippen LogP contribution in [0.5, 0.6) is 11.5 Å². The van der Waals surface area contributed by atoms with E-state index >= 15 is 0 Å². The first kappa shape index (κ1) is 32.0. The van der Waals surface area contributed by atoms with Gasteiger partial charge in [-0.1, -0.05) is 54.6 Å². The van der Waals surface area contributed by atoms with Gasteiger partial charge in [-0.2, -0.15) is 0 Å². The monoisotopic (exact) mass is 616 g/mol. The molecular weight excluding hydrogens is 576 g/mol. The van der Waals surface area contributed by atoms with Gasteiger partial charge in [-0.3, -0.25) is 19.3 Å². The molecule has 45 heavy (non-hydrogen) atoms. The highest BCUT2D eigenvalue weighted by molar-refractivity contribution is 5.80. The molecule has 2 saturated heterocycles. The highest BCUT2D eigenvalue weighted by Crippen LogP contribution is 2.47. The molecule has 2 N–H and O–H groups in total. The van der Waals surface area contributed by atoms with E-state index in [9.17, 15) is 14.4 Å². The van der Waals surface area contributed by atoms with Crippen molar-refractivity contribution in [1.29, 1.82) is 0 Å². The summed E-state index contributed by atoms with van der Waals surface area (Å²) >= 11 is 0. The zero-order valence-electron chi connectivity index (χ0n) is 26.0. The second-order valence-electron chi connectivity index (χ2n) is 11.6. The van der Waals surface area contributed by atoms with Crippen LogP contribution < -0.4 is 14.8 Å². The molecule has 3 aromatic rings. The van der Waals surface area contributed by atoms with Gasteiger partial charge in [0, 0.05) is 25.4 Å². The number of carbonyl (C=O) groups excluding carboxylic acids is 2. The summed E-state index contributed by atoms with van der Waals surface area (Å²) in [6.45, 7) is 1.39. The number of carboxylic acids is 1. The summed E-state index contributed by atoms with van der Waals surface area (Å²) in [5.74, 6) is -0.359. The Morgan fingerprint density at radius 2 is 1.31 bits per heavy atom. The number of ether oxygens (including phenoxy) is 4. The first-order chi connectivity index (χ1) is 21.7. The molecule has 10 nitrogen and oxygen atoms in total. The summed E-state index contributed by atoms with van der Waals surface area (Å²) in [6.07, 6.45) is -0.503. The summed E-state index contributed by atoms with van der Waals surface area (Å²) in [5.41, 5.74) is 1.44.